The number of para-hydroxylation sites is 1. The Morgan fingerprint density at radius 3 is 2.55 bits per heavy atom. The lowest BCUT2D eigenvalue weighted by Gasteiger charge is -2.34. The van der Waals surface area contributed by atoms with Gasteiger partial charge in [0, 0.05) is 11.6 Å². The van der Waals surface area contributed by atoms with Gasteiger partial charge in [0.05, 0.1) is 12.1 Å². The molecule has 31 heavy (non-hydrogen) atoms. The van der Waals surface area contributed by atoms with Gasteiger partial charge in [-0.05, 0) is 55.5 Å². The molecule has 4 amide bonds. The molecule has 2 aromatic carbocycles. The number of hydrogen-bond donors (Lipinski definition) is 3. The van der Waals surface area contributed by atoms with Crippen molar-refractivity contribution in [2.75, 3.05) is 0 Å². The molecule has 0 unspecified atom stereocenters. The monoisotopic (exact) mass is 418 g/mol. The van der Waals surface area contributed by atoms with Crippen molar-refractivity contribution in [1.82, 2.24) is 30.9 Å². The molecule has 1 saturated carbocycles. The number of amides is 4. The maximum absolute atomic E-state index is 12.7. The maximum atomic E-state index is 12.7. The Labute approximate surface area is 178 Å². The molecule has 0 atom stereocenters. The second kappa shape index (κ2) is 7.50. The molecule has 0 radical (unpaired) electrons. The number of carbonyl (C=O) groups excluding carboxylic acids is 3. The van der Waals surface area contributed by atoms with Crippen LogP contribution >= 0.6 is 0 Å². The topological polar surface area (TPSA) is 118 Å². The van der Waals surface area contributed by atoms with Gasteiger partial charge >= 0.3 is 6.03 Å². The van der Waals surface area contributed by atoms with Gasteiger partial charge in [-0.15, -0.1) is 5.10 Å². The van der Waals surface area contributed by atoms with Crippen molar-refractivity contribution in [2.24, 2.45) is 0 Å². The van der Waals surface area contributed by atoms with Gasteiger partial charge in [0.1, 0.15) is 11.1 Å². The highest BCUT2D eigenvalue weighted by atomic mass is 16.2. The fraction of sp³-hybridized carbons (Fsp3) is 0.318. The lowest BCUT2D eigenvalue weighted by molar-refractivity contribution is -0.125. The Morgan fingerprint density at radius 1 is 1.10 bits per heavy atom. The summed E-state index contributed by atoms with van der Waals surface area (Å²) in [5, 5.41) is 16.4. The number of carbonyl (C=O) groups is 3. The van der Waals surface area contributed by atoms with Crippen LogP contribution in [-0.2, 0) is 11.3 Å². The van der Waals surface area contributed by atoms with Crippen molar-refractivity contribution >= 4 is 28.9 Å². The van der Waals surface area contributed by atoms with Crippen molar-refractivity contribution in [3.63, 3.8) is 0 Å². The van der Waals surface area contributed by atoms with Crippen LogP contribution in [0.15, 0.2) is 48.5 Å². The molecule has 158 valence electrons. The van der Waals surface area contributed by atoms with E-state index in [-0.39, 0.29) is 17.9 Å². The van der Waals surface area contributed by atoms with E-state index in [2.05, 4.69) is 26.3 Å². The third-order valence-corrected chi connectivity index (χ3v) is 6.16. The van der Waals surface area contributed by atoms with E-state index in [4.69, 9.17) is 0 Å². The Kier molecular flexibility index (Phi) is 4.65. The van der Waals surface area contributed by atoms with Crippen LogP contribution in [0.1, 0.15) is 41.6 Å². The second-order valence-electron chi connectivity index (χ2n) is 8.17. The molecule has 1 aliphatic heterocycles. The van der Waals surface area contributed by atoms with E-state index in [1.165, 1.54) is 0 Å². The van der Waals surface area contributed by atoms with Crippen LogP contribution < -0.4 is 16.0 Å². The average molecular weight is 418 g/mol. The highest BCUT2D eigenvalue weighted by molar-refractivity contribution is 6.07. The van der Waals surface area contributed by atoms with Crippen molar-refractivity contribution in [1.29, 1.82) is 0 Å². The third-order valence-electron chi connectivity index (χ3n) is 6.16. The van der Waals surface area contributed by atoms with Crippen LogP contribution in [0.2, 0.25) is 0 Å². The van der Waals surface area contributed by atoms with Crippen molar-refractivity contribution in [2.45, 2.75) is 43.8 Å². The highest BCUT2D eigenvalue weighted by Crippen LogP contribution is 2.31. The summed E-state index contributed by atoms with van der Waals surface area (Å²) in [6, 6.07) is 14.8. The number of fused-ring (bicyclic) bond motifs is 1. The van der Waals surface area contributed by atoms with Gasteiger partial charge in [-0.25, -0.2) is 9.48 Å². The van der Waals surface area contributed by atoms with Gasteiger partial charge < -0.3 is 10.6 Å². The Hall–Kier alpha value is -3.75. The molecule has 1 aromatic heterocycles. The molecule has 9 heteroatoms. The van der Waals surface area contributed by atoms with E-state index in [1.807, 2.05) is 41.1 Å². The van der Waals surface area contributed by atoms with Crippen molar-refractivity contribution in [3.05, 3.63) is 59.7 Å². The predicted molar refractivity (Wildman–Crippen MR) is 112 cm³/mol. The molecule has 2 heterocycles. The van der Waals surface area contributed by atoms with Gasteiger partial charge in [0.2, 0.25) is 0 Å². The lowest BCUT2D eigenvalue weighted by Crippen LogP contribution is -2.52. The maximum Gasteiger partial charge on any atom is 0.322 e. The largest absolute Gasteiger partial charge is 0.349 e. The van der Waals surface area contributed by atoms with Crippen LogP contribution in [0.5, 0.6) is 0 Å². The van der Waals surface area contributed by atoms with E-state index in [0.717, 1.165) is 16.6 Å². The number of urea groups is 1. The zero-order valence-corrected chi connectivity index (χ0v) is 16.8. The lowest BCUT2D eigenvalue weighted by atomic mass is 9.79. The summed E-state index contributed by atoms with van der Waals surface area (Å²) in [6.07, 6.45) is 2.30. The van der Waals surface area contributed by atoms with E-state index in [0.29, 0.717) is 37.8 Å². The molecular formula is C22H22N6O3. The number of imide groups is 1. The van der Waals surface area contributed by atoms with Gasteiger partial charge in [0.25, 0.3) is 11.8 Å². The first-order chi connectivity index (χ1) is 15.0. The smallest absolute Gasteiger partial charge is 0.322 e. The number of hydrogen-bond acceptors (Lipinski definition) is 5. The van der Waals surface area contributed by atoms with E-state index < -0.39 is 11.6 Å². The summed E-state index contributed by atoms with van der Waals surface area (Å²) in [4.78, 5) is 36.1. The SMILES string of the molecule is O=C1NC(=O)C2(CCC(NC(=O)c3ccc(Cn4nnc5ccccc54)cc3)CC2)N1. The fourth-order valence-electron chi connectivity index (χ4n) is 4.37. The normalized spacial score (nSPS) is 23.0. The molecule has 1 spiro atoms. The minimum atomic E-state index is -0.814. The standard InChI is InChI=1S/C22H22N6O3/c29-19(23-16-9-11-22(12-10-16)20(30)24-21(31)25-22)15-7-5-14(6-8-15)13-28-18-4-2-1-3-17(18)26-27-28/h1-8,16H,9-13H2,(H,23,29)(H2,24,25,30,31). The number of nitrogens with zero attached hydrogens (tertiary/aromatic N) is 3. The Bertz CT molecular complexity index is 1160. The molecule has 2 fully saturated rings. The quantitative estimate of drug-likeness (QED) is 0.558. The van der Waals surface area contributed by atoms with Gasteiger partial charge in [-0.1, -0.05) is 29.5 Å². The zero-order chi connectivity index (χ0) is 21.4. The average Bonchev–Trinajstić information content (AvgIpc) is 3.30. The first-order valence-electron chi connectivity index (χ1n) is 10.3. The zero-order valence-electron chi connectivity index (χ0n) is 16.8. The number of nitrogens with one attached hydrogen (secondary N) is 3. The number of rotatable bonds is 4. The van der Waals surface area contributed by atoms with Crippen molar-refractivity contribution in [3.8, 4) is 0 Å². The van der Waals surface area contributed by atoms with E-state index >= 15 is 0 Å². The van der Waals surface area contributed by atoms with Crippen LogP contribution in [0, 0.1) is 0 Å². The first kappa shape index (κ1) is 19.2. The minimum Gasteiger partial charge on any atom is -0.349 e. The van der Waals surface area contributed by atoms with E-state index in [1.54, 1.807) is 12.1 Å². The van der Waals surface area contributed by atoms with Gasteiger partial charge in [-0.3, -0.25) is 14.9 Å². The summed E-state index contributed by atoms with van der Waals surface area (Å²) >= 11 is 0. The van der Waals surface area contributed by atoms with Crippen LogP contribution in [-0.4, -0.2) is 44.4 Å². The predicted octanol–water partition coefficient (Wildman–Crippen LogP) is 1.73. The van der Waals surface area contributed by atoms with Gasteiger partial charge in [0.15, 0.2) is 0 Å². The minimum absolute atomic E-state index is 0.0235. The van der Waals surface area contributed by atoms with E-state index in [9.17, 15) is 14.4 Å². The number of benzene rings is 2. The Morgan fingerprint density at radius 2 is 1.84 bits per heavy atom. The summed E-state index contributed by atoms with van der Waals surface area (Å²) in [5.41, 5.74) is 2.61. The molecule has 5 rings (SSSR count). The van der Waals surface area contributed by atoms with Gasteiger partial charge in [-0.2, -0.15) is 0 Å². The molecule has 1 aliphatic carbocycles. The summed E-state index contributed by atoms with van der Waals surface area (Å²) in [5.74, 6) is -0.406. The fourth-order valence-corrected chi connectivity index (χ4v) is 4.37. The highest BCUT2D eigenvalue weighted by Gasteiger charge is 2.48. The second-order valence-corrected chi connectivity index (χ2v) is 8.17. The molecule has 2 aliphatic rings. The molecule has 9 nitrogen and oxygen atoms in total. The molecule has 0 bridgehead atoms. The molecule has 3 aromatic rings. The van der Waals surface area contributed by atoms with Crippen LogP contribution in [0.3, 0.4) is 0 Å². The summed E-state index contributed by atoms with van der Waals surface area (Å²) in [6.45, 7) is 0.570. The summed E-state index contributed by atoms with van der Waals surface area (Å²) < 4.78 is 1.83. The number of aromatic nitrogens is 3. The molecule has 1 saturated heterocycles. The van der Waals surface area contributed by atoms with Crippen molar-refractivity contribution < 1.29 is 14.4 Å². The van der Waals surface area contributed by atoms with Crippen LogP contribution in [0.25, 0.3) is 11.0 Å². The van der Waals surface area contributed by atoms with Crippen LogP contribution in [0.4, 0.5) is 4.79 Å². The third kappa shape index (κ3) is 3.63. The Balaban J connectivity index is 1.19. The summed E-state index contributed by atoms with van der Waals surface area (Å²) in [7, 11) is 0. The molecular weight excluding hydrogens is 396 g/mol. The molecule has 3 N–H and O–H groups in total. The first-order valence-corrected chi connectivity index (χ1v) is 10.3.